The molecule has 4 rings (SSSR count). The Hall–Kier alpha value is -6.37. The van der Waals surface area contributed by atoms with E-state index in [1.165, 1.54) is 24.4 Å². The van der Waals surface area contributed by atoms with Crippen molar-refractivity contribution in [2.45, 2.75) is 0 Å². The lowest BCUT2D eigenvalue weighted by Crippen LogP contribution is -2.32. The minimum Gasteiger partial charge on any atom is -0.450 e. The van der Waals surface area contributed by atoms with Gasteiger partial charge in [0.1, 0.15) is 11.4 Å². The number of nitrogens with one attached hydrogen (secondary N) is 2. The molecular weight excluding hydrogens is 568 g/mol. The van der Waals surface area contributed by atoms with E-state index >= 15 is 0 Å². The second kappa shape index (κ2) is 14.0. The van der Waals surface area contributed by atoms with Crippen molar-refractivity contribution < 1.29 is 24.2 Å². The van der Waals surface area contributed by atoms with Crippen LogP contribution in [0.15, 0.2) is 108 Å². The number of carbonyl (C=O) groups is 2. The van der Waals surface area contributed by atoms with Gasteiger partial charge in [-0.15, -0.1) is 0 Å². The van der Waals surface area contributed by atoms with Gasteiger partial charge in [0.25, 0.3) is 17.5 Å². The first-order valence-corrected chi connectivity index (χ1v) is 13.0. The third-order valence-electron chi connectivity index (χ3n) is 6.06. The minimum absolute atomic E-state index is 0.0452. The maximum atomic E-state index is 13.1. The van der Waals surface area contributed by atoms with Crippen LogP contribution in [0.3, 0.4) is 0 Å². The van der Waals surface area contributed by atoms with Crippen LogP contribution in [-0.2, 0) is 4.79 Å². The van der Waals surface area contributed by atoms with Crippen LogP contribution in [0.1, 0.15) is 21.5 Å². The van der Waals surface area contributed by atoms with E-state index in [-0.39, 0.29) is 17.2 Å². The average molecular weight is 595 g/mol. The molecule has 0 fully saturated rings. The summed E-state index contributed by atoms with van der Waals surface area (Å²) in [5.41, 5.74) is 3.79. The highest BCUT2D eigenvalue weighted by Gasteiger charge is 2.21. The van der Waals surface area contributed by atoms with Crippen LogP contribution >= 0.6 is 0 Å². The molecule has 0 aliphatic rings. The summed E-state index contributed by atoms with van der Waals surface area (Å²) in [6.45, 7) is 0. The molecule has 0 unspecified atom stereocenters. The number of benzene rings is 4. The molecule has 0 spiro atoms. The molecule has 0 radical (unpaired) electrons. The van der Waals surface area contributed by atoms with Crippen LogP contribution in [-0.4, -0.2) is 42.0 Å². The van der Waals surface area contributed by atoms with Crippen molar-refractivity contribution >= 4 is 41.2 Å². The first-order valence-electron chi connectivity index (χ1n) is 13.0. The number of ether oxygens (including phenoxy) is 1. The zero-order valence-electron chi connectivity index (χ0n) is 23.5. The molecule has 44 heavy (non-hydrogen) atoms. The lowest BCUT2D eigenvalue weighted by Gasteiger charge is -2.12. The van der Waals surface area contributed by atoms with Crippen LogP contribution in [0.4, 0.5) is 17.1 Å². The predicted octanol–water partition coefficient (Wildman–Crippen LogP) is 5.28. The number of non-ortho nitro benzene ring substituents is 1. The first-order chi connectivity index (χ1) is 21.1. The topological polar surface area (TPSA) is 169 Å². The summed E-state index contributed by atoms with van der Waals surface area (Å²) in [4.78, 5) is 48.8. The highest BCUT2D eigenvalue weighted by molar-refractivity contribution is 6.05. The van der Waals surface area contributed by atoms with Gasteiger partial charge in [0.2, 0.25) is 5.75 Å². The van der Waals surface area contributed by atoms with Gasteiger partial charge >= 0.3 is 5.69 Å². The standard InChI is InChI=1S/C31H26N6O7/c1-35(2)24-13-11-21(12-14-24)18-27(33-30(38)23-8-4-3-5-9-23)31(39)34-32-20-22-7-6-10-26(17-22)44-29-16-15-25(36(40)41)19-28(29)37(42)43/h3-20H,1-2H3,(H,33,38)(H,34,39)/b27-18-,32-20-. The predicted molar refractivity (Wildman–Crippen MR) is 165 cm³/mol. The highest BCUT2D eigenvalue weighted by Crippen LogP contribution is 2.34. The Labute approximate surface area is 251 Å². The largest absolute Gasteiger partial charge is 0.450 e. The second-order valence-electron chi connectivity index (χ2n) is 9.40. The van der Waals surface area contributed by atoms with Gasteiger partial charge in [0.15, 0.2) is 0 Å². The van der Waals surface area contributed by atoms with Crippen molar-refractivity contribution in [3.63, 3.8) is 0 Å². The summed E-state index contributed by atoms with van der Waals surface area (Å²) in [7, 11) is 3.81. The molecule has 0 heterocycles. The number of carbonyl (C=O) groups excluding carboxylic acids is 2. The van der Waals surface area contributed by atoms with E-state index in [0.717, 1.165) is 23.9 Å². The second-order valence-corrected chi connectivity index (χ2v) is 9.40. The number of rotatable bonds is 11. The van der Waals surface area contributed by atoms with Gasteiger partial charge < -0.3 is 15.0 Å². The molecule has 222 valence electrons. The molecule has 4 aromatic rings. The van der Waals surface area contributed by atoms with Crippen LogP contribution in [0, 0.1) is 20.2 Å². The van der Waals surface area contributed by atoms with E-state index in [9.17, 15) is 29.8 Å². The lowest BCUT2D eigenvalue weighted by atomic mass is 10.1. The summed E-state index contributed by atoms with van der Waals surface area (Å²) in [5.74, 6) is -1.16. The van der Waals surface area contributed by atoms with Crippen LogP contribution < -0.4 is 20.4 Å². The van der Waals surface area contributed by atoms with Gasteiger partial charge in [-0.3, -0.25) is 29.8 Å². The van der Waals surface area contributed by atoms with Gasteiger partial charge in [-0.2, -0.15) is 5.10 Å². The minimum atomic E-state index is -0.776. The number of hydrogen-bond donors (Lipinski definition) is 2. The maximum Gasteiger partial charge on any atom is 0.318 e. The Bertz CT molecular complexity index is 1750. The number of hydrazone groups is 1. The van der Waals surface area contributed by atoms with Crippen molar-refractivity contribution in [1.82, 2.24) is 10.7 Å². The van der Waals surface area contributed by atoms with Crippen molar-refractivity contribution in [3.8, 4) is 11.5 Å². The monoisotopic (exact) mass is 594 g/mol. The summed E-state index contributed by atoms with van der Waals surface area (Å²) in [5, 5.41) is 29.0. The van der Waals surface area contributed by atoms with Crippen LogP contribution in [0.2, 0.25) is 0 Å². The van der Waals surface area contributed by atoms with E-state index in [0.29, 0.717) is 16.7 Å². The SMILES string of the molecule is CN(C)c1ccc(/C=C(\NC(=O)c2ccccc2)C(=O)N/N=C\c2cccc(Oc3ccc([N+](=O)[O-])cc3[N+](=O)[O-])c2)cc1. The summed E-state index contributed by atoms with van der Waals surface area (Å²) in [6, 6.07) is 25.1. The maximum absolute atomic E-state index is 13.1. The molecule has 13 heteroatoms. The van der Waals surface area contributed by atoms with Crippen molar-refractivity contribution in [3.05, 3.63) is 140 Å². The Morgan fingerprint density at radius 3 is 2.23 bits per heavy atom. The van der Waals surface area contributed by atoms with Gasteiger partial charge in [-0.1, -0.05) is 42.5 Å². The van der Waals surface area contributed by atoms with Gasteiger partial charge in [0.05, 0.1) is 22.1 Å². The molecule has 0 saturated carbocycles. The molecule has 4 aromatic carbocycles. The van der Waals surface area contributed by atoms with Gasteiger partial charge in [-0.05, 0) is 59.7 Å². The van der Waals surface area contributed by atoms with E-state index < -0.39 is 33.0 Å². The molecule has 0 saturated heterocycles. The quantitative estimate of drug-likeness (QED) is 0.102. The van der Waals surface area contributed by atoms with Crippen LogP contribution in [0.25, 0.3) is 6.08 Å². The molecule has 0 bridgehead atoms. The number of hydrogen-bond acceptors (Lipinski definition) is 9. The molecule has 0 aromatic heterocycles. The molecule has 2 N–H and O–H groups in total. The summed E-state index contributed by atoms with van der Waals surface area (Å²) < 4.78 is 5.61. The fourth-order valence-corrected chi connectivity index (χ4v) is 3.84. The van der Waals surface area contributed by atoms with Crippen molar-refractivity contribution in [2.24, 2.45) is 5.10 Å². The fourth-order valence-electron chi connectivity index (χ4n) is 3.84. The molecule has 0 aliphatic heterocycles. The Kier molecular flexibility index (Phi) is 9.73. The number of anilines is 1. The third kappa shape index (κ3) is 8.10. The van der Waals surface area contributed by atoms with E-state index in [1.54, 1.807) is 54.6 Å². The number of nitrogens with zero attached hydrogens (tertiary/aromatic N) is 4. The van der Waals surface area contributed by atoms with Crippen molar-refractivity contribution in [1.29, 1.82) is 0 Å². The Morgan fingerprint density at radius 2 is 1.57 bits per heavy atom. The molecule has 2 amide bonds. The summed E-state index contributed by atoms with van der Waals surface area (Å²) >= 11 is 0. The fraction of sp³-hybridized carbons (Fsp3) is 0.0645. The number of amides is 2. The normalized spacial score (nSPS) is 11.1. The molecule has 0 atom stereocenters. The molecular formula is C31H26N6O7. The number of nitro benzene ring substituents is 2. The zero-order valence-corrected chi connectivity index (χ0v) is 23.5. The zero-order chi connectivity index (χ0) is 31.6. The van der Waals surface area contributed by atoms with Crippen LogP contribution in [0.5, 0.6) is 11.5 Å². The van der Waals surface area contributed by atoms with Crippen molar-refractivity contribution in [2.75, 3.05) is 19.0 Å². The Morgan fingerprint density at radius 1 is 0.841 bits per heavy atom. The van der Waals surface area contributed by atoms with Gasteiger partial charge in [0, 0.05) is 31.4 Å². The smallest absolute Gasteiger partial charge is 0.318 e. The highest BCUT2D eigenvalue weighted by atomic mass is 16.6. The summed E-state index contributed by atoms with van der Waals surface area (Å²) in [6.07, 6.45) is 2.84. The third-order valence-corrected chi connectivity index (χ3v) is 6.06. The molecule has 13 nitrogen and oxygen atoms in total. The lowest BCUT2D eigenvalue weighted by molar-refractivity contribution is -0.394. The van der Waals surface area contributed by atoms with E-state index in [2.05, 4.69) is 15.8 Å². The van der Waals surface area contributed by atoms with E-state index in [4.69, 9.17) is 4.74 Å². The van der Waals surface area contributed by atoms with E-state index in [1.807, 2.05) is 31.1 Å². The van der Waals surface area contributed by atoms with Gasteiger partial charge in [-0.25, -0.2) is 5.43 Å². The first kappa shape index (κ1) is 30.6. The molecule has 0 aliphatic carbocycles. The Balaban J connectivity index is 1.51. The average Bonchev–Trinajstić information content (AvgIpc) is 3.01. The number of nitro groups is 2.